The van der Waals surface area contributed by atoms with Gasteiger partial charge in [0.25, 0.3) is 0 Å². The lowest BCUT2D eigenvalue weighted by Gasteiger charge is -2.28. The molecule has 0 aliphatic heterocycles. The number of benzene rings is 4. The number of rotatable bonds is 0. The molecule has 0 amide bonds. The molecular formula is C31H28O2. The summed E-state index contributed by atoms with van der Waals surface area (Å²) in [6, 6.07) is 20.2. The molecular weight excluding hydrogens is 404 g/mol. The molecule has 0 radical (unpaired) electrons. The van der Waals surface area contributed by atoms with E-state index in [0.29, 0.717) is 23.3 Å². The van der Waals surface area contributed by atoms with Gasteiger partial charge in [-0.25, -0.2) is 0 Å². The van der Waals surface area contributed by atoms with Gasteiger partial charge >= 0.3 is 0 Å². The SMILES string of the molecule is C[C@@H]1CCc2ccc3cc(O)ccc3c2C1=C=C1c2c(ccc3cc(O)ccc23)CC[C@H]1C. The van der Waals surface area contributed by atoms with Crippen LogP contribution in [0.15, 0.2) is 66.4 Å². The minimum atomic E-state index is 0.305. The van der Waals surface area contributed by atoms with Gasteiger partial charge in [-0.1, -0.05) is 50.2 Å². The van der Waals surface area contributed by atoms with E-state index in [9.17, 15) is 10.2 Å². The lowest BCUT2D eigenvalue weighted by atomic mass is 9.75. The van der Waals surface area contributed by atoms with Crippen LogP contribution in [0.4, 0.5) is 0 Å². The molecule has 0 aromatic heterocycles. The van der Waals surface area contributed by atoms with Crippen LogP contribution in [0.1, 0.15) is 48.9 Å². The van der Waals surface area contributed by atoms with E-state index >= 15 is 0 Å². The molecule has 0 unspecified atom stereocenters. The molecule has 2 atom stereocenters. The van der Waals surface area contributed by atoms with Crippen LogP contribution in [0.5, 0.6) is 11.5 Å². The second-order valence-corrected chi connectivity index (χ2v) is 9.84. The topological polar surface area (TPSA) is 40.5 Å². The van der Waals surface area contributed by atoms with E-state index < -0.39 is 0 Å². The predicted molar refractivity (Wildman–Crippen MR) is 137 cm³/mol. The molecule has 2 aliphatic rings. The smallest absolute Gasteiger partial charge is 0.116 e. The van der Waals surface area contributed by atoms with E-state index in [1.54, 1.807) is 12.1 Å². The molecule has 0 fully saturated rings. The zero-order valence-electron chi connectivity index (χ0n) is 19.2. The van der Waals surface area contributed by atoms with E-state index in [-0.39, 0.29) is 0 Å². The number of allylic oxidation sites excluding steroid dienone is 1. The molecule has 6 rings (SSSR count). The maximum atomic E-state index is 10.0. The molecule has 4 aromatic rings. The third-order valence-corrected chi connectivity index (χ3v) is 7.67. The van der Waals surface area contributed by atoms with Crippen molar-refractivity contribution in [3.05, 3.63) is 88.6 Å². The Morgan fingerprint density at radius 3 is 1.55 bits per heavy atom. The molecule has 0 saturated carbocycles. The average Bonchev–Trinajstić information content (AvgIpc) is 2.81. The number of hydrogen-bond acceptors (Lipinski definition) is 2. The van der Waals surface area contributed by atoms with Crippen molar-refractivity contribution in [1.82, 2.24) is 0 Å². The first-order valence-electron chi connectivity index (χ1n) is 12.0. The minimum absolute atomic E-state index is 0.305. The van der Waals surface area contributed by atoms with Crippen LogP contribution >= 0.6 is 0 Å². The van der Waals surface area contributed by atoms with E-state index in [2.05, 4.69) is 56.0 Å². The maximum Gasteiger partial charge on any atom is 0.116 e. The molecule has 2 aliphatic carbocycles. The van der Waals surface area contributed by atoms with Crippen LogP contribution in [-0.4, -0.2) is 10.2 Å². The van der Waals surface area contributed by atoms with Crippen molar-refractivity contribution in [1.29, 1.82) is 0 Å². The van der Waals surface area contributed by atoms with Gasteiger partial charge in [-0.3, -0.25) is 0 Å². The van der Waals surface area contributed by atoms with Crippen molar-refractivity contribution >= 4 is 32.7 Å². The monoisotopic (exact) mass is 432 g/mol. The molecule has 4 aromatic carbocycles. The Morgan fingerprint density at radius 1 is 0.636 bits per heavy atom. The Hall–Kier alpha value is -3.48. The normalized spacial score (nSPS) is 19.9. The van der Waals surface area contributed by atoms with Crippen LogP contribution in [-0.2, 0) is 12.8 Å². The summed E-state index contributed by atoms with van der Waals surface area (Å²) in [6.07, 6.45) is 4.39. The fourth-order valence-corrected chi connectivity index (χ4v) is 5.82. The van der Waals surface area contributed by atoms with Crippen LogP contribution in [0.2, 0.25) is 0 Å². The van der Waals surface area contributed by atoms with E-state index in [4.69, 9.17) is 0 Å². The molecule has 33 heavy (non-hydrogen) atoms. The Kier molecular flexibility index (Phi) is 4.60. The van der Waals surface area contributed by atoms with Crippen molar-refractivity contribution in [3.8, 4) is 11.5 Å². The first-order valence-corrected chi connectivity index (χ1v) is 12.0. The van der Waals surface area contributed by atoms with Gasteiger partial charge in [-0.2, -0.15) is 0 Å². The first kappa shape index (κ1) is 20.1. The fraction of sp³-hybridized carbons (Fsp3) is 0.258. The van der Waals surface area contributed by atoms with Gasteiger partial charge in [0.2, 0.25) is 0 Å². The van der Waals surface area contributed by atoms with Gasteiger partial charge in [0.1, 0.15) is 11.5 Å². The Labute approximate surface area is 194 Å². The fourth-order valence-electron chi connectivity index (χ4n) is 5.82. The highest BCUT2D eigenvalue weighted by molar-refractivity contribution is 6.00. The summed E-state index contributed by atoms with van der Waals surface area (Å²) in [7, 11) is 0. The number of phenolic OH excluding ortho intramolecular Hbond substituents is 2. The summed E-state index contributed by atoms with van der Waals surface area (Å²) >= 11 is 0. The summed E-state index contributed by atoms with van der Waals surface area (Å²) in [6.45, 7) is 4.64. The number of aryl methyl sites for hydroxylation is 2. The zero-order chi connectivity index (χ0) is 22.7. The predicted octanol–water partition coefficient (Wildman–Crippen LogP) is 7.63. The summed E-state index contributed by atoms with van der Waals surface area (Å²) in [5.74, 6) is 1.45. The van der Waals surface area contributed by atoms with Crippen LogP contribution < -0.4 is 0 Å². The number of aromatic hydroxyl groups is 2. The van der Waals surface area contributed by atoms with E-state index in [1.165, 1.54) is 44.2 Å². The Morgan fingerprint density at radius 2 is 1.09 bits per heavy atom. The molecule has 2 nitrogen and oxygen atoms in total. The van der Waals surface area contributed by atoms with Crippen LogP contribution in [0.3, 0.4) is 0 Å². The van der Waals surface area contributed by atoms with E-state index in [0.717, 1.165) is 36.5 Å². The molecule has 0 bridgehead atoms. The molecule has 2 heteroatoms. The average molecular weight is 433 g/mol. The maximum absolute atomic E-state index is 10.0. The summed E-state index contributed by atoms with van der Waals surface area (Å²) in [5, 5.41) is 24.6. The quantitative estimate of drug-likeness (QED) is 0.280. The van der Waals surface area contributed by atoms with Crippen molar-refractivity contribution in [2.24, 2.45) is 11.8 Å². The number of fused-ring (bicyclic) bond motifs is 6. The third kappa shape index (κ3) is 3.25. The molecule has 0 saturated heterocycles. The lowest BCUT2D eigenvalue weighted by molar-refractivity contribution is 0.475. The van der Waals surface area contributed by atoms with Crippen molar-refractivity contribution < 1.29 is 10.2 Å². The first-order chi connectivity index (χ1) is 16.0. The number of hydrogen-bond donors (Lipinski definition) is 2. The molecule has 0 heterocycles. The van der Waals surface area contributed by atoms with Crippen molar-refractivity contribution in [3.63, 3.8) is 0 Å². The zero-order valence-corrected chi connectivity index (χ0v) is 19.2. The summed E-state index contributed by atoms with van der Waals surface area (Å²) in [5.41, 5.74) is 11.9. The minimum Gasteiger partial charge on any atom is -0.508 e. The van der Waals surface area contributed by atoms with Crippen molar-refractivity contribution in [2.75, 3.05) is 0 Å². The van der Waals surface area contributed by atoms with Crippen LogP contribution in [0.25, 0.3) is 32.7 Å². The molecule has 164 valence electrons. The van der Waals surface area contributed by atoms with E-state index in [1.807, 2.05) is 12.1 Å². The standard InChI is InChI=1S/C31H28O2/c1-18-3-5-20-7-9-22-15-24(32)11-13-26(22)30(20)28(18)17-29-19(2)4-6-21-8-10-23-16-25(33)12-14-27(23)31(21)29/h7-16,18-19,32-33H,3-6H2,1-2H3/t17?,18-,19-/m1/s1. The highest BCUT2D eigenvalue weighted by atomic mass is 16.3. The third-order valence-electron chi connectivity index (χ3n) is 7.67. The largest absolute Gasteiger partial charge is 0.508 e. The second-order valence-electron chi connectivity index (χ2n) is 9.84. The summed E-state index contributed by atoms with van der Waals surface area (Å²) in [4.78, 5) is 0. The Bertz CT molecular complexity index is 1390. The number of phenols is 2. The van der Waals surface area contributed by atoms with Gasteiger partial charge in [0.15, 0.2) is 0 Å². The second kappa shape index (κ2) is 7.54. The van der Waals surface area contributed by atoms with Gasteiger partial charge in [-0.05, 0) is 106 Å². The van der Waals surface area contributed by atoms with Gasteiger partial charge in [0, 0.05) is 11.1 Å². The highest BCUT2D eigenvalue weighted by Gasteiger charge is 2.26. The lowest BCUT2D eigenvalue weighted by Crippen LogP contribution is -2.13. The van der Waals surface area contributed by atoms with Gasteiger partial charge in [-0.15, -0.1) is 5.73 Å². The molecule has 2 N–H and O–H groups in total. The molecule has 0 spiro atoms. The summed E-state index contributed by atoms with van der Waals surface area (Å²) < 4.78 is 0. The van der Waals surface area contributed by atoms with Gasteiger partial charge < -0.3 is 10.2 Å². The van der Waals surface area contributed by atoms with Crippen molar-refractivity contribution in [2.45, 2.75) is 39.5 Å². The highest BCUT2D eigenvalue weighted by Crippen LogP contribution is 2.44. The van der Waals surface area contributed by atoms with Gasteiger partial charge in [0.05, 0.1) is 0 Å². The Balaban J connectivity index is 1.71. The van der Waals surface area contributed by atoms with Crippen LogP contribution in [0, 0.1) is 11.8 Å².